The van der Waals surface area contributed by atoms with E-state index in [4.69, 9.17) is 0 Å². The summed E-state index contributed by atoms with van der Waals surface area (Å²) in [7, 11) is 0. The lowest BCUT2D eigenvalue weighted by atomic mass is 10.0. The third kappa shape index (κ3) is 3.36. The smallest absolute Gasteiger partial charge is 0.224 e. The van der Waals surface area contributed by atoms with E-state index in [9.17, 15) is 4.79 Å². The minimum Gasteiger partial charge on any atom is -0.355 e. The SMILES string of the molecule is O=C(Cc1cccc2ccccc12)NCCNC1CC1. The van der Waals surface area contributed by atoms with Crippen molar-refractivity contribution in [2.24, 2.45) is 0 Å². The summed E-state index contributed by atoms with van der Waals surface area (Å²) in [6.45, 7) is 1.58. The highest BCUT2D eigenvalue weighted by Gasteiger charge is 2.19. The van der Waals surface area contributed by atoms with Crippen LogP contribution in [0.3, 0.4) is 0 Å². The summed E-state index contributed by atoms with van der Waals surface area (Å²) in [5, 5.41) is 8.72. The van der Waals surface area contributed by atoms with Crippen LogP contribution in [0.15, 0.2) is 42.5 Å². The van der Waals surface area contributed by atoms with Crippen LogP contribution in [0.5, 0.6) is 0 Å². The second-order valence-corrected chi connectivity index (χ2v) is 5.39. The molecule has 0 saturated heterocycles. The number of amides is 1. The fraction of sp³-hybridized carbons (Fsp3) is 0.353. The average Bonchev–Trinajstić information content (AvgIpc) is 3.28. The van der Waals surface area contributed by atoms with Crippen molar-refractivity contribution in [3.63, 3.8) is 0 Å². The van der Waals surface area contributed by atoms with Crippen LogP contribution in [0.1, 0.15) is 18.4 Å². The van der Waals surface area contributed by atoms with E-state index in [0.29, 0.717) is 19.0 Å². The maximum atomic E-state index is 12.0. The van der Waals surface area contributed by atoms with Gasteiger partial charge in [-0.15, -0.1) is 0 Å². The van der Waals surface area contributed by atoms with Crippen molar-refractivity contribution in [3.05, 3.63) is 48.0 Å². The quantitative estimate of drug-likeness (QED) is 0.789. The molecule has 1 aliphatic carbocycles. The first-order valence-corrected chi connectivity index (χ1v) is 7.29. The number of carbonyl (C=O) groups is 1. The normalized spacial score (nSPS) is 14.4. The summed E-state index contributed by atoms with van der Waals surface area (Å²) in [5.74, 6) is 0.0962. The molecule has 3 heteroatoms. The lowest BCUT2D eigenvalue weighted by Gasteiger charge is -2.08. The van der Waals surface area contributed by atoms with Gasteiger partial charge in [-0.05, 0) is 29.2 Å². The molecule has 1 amide bonds. The van der Waals surface area contributed by atoms with Gasteiger partial charge in [0, 0.05) is 19.1 Å². The third-order valence-corrected chi connectivity index (χ3v) is 3.69. The van der Waals surface area contributed by atoms with E-state index >= 15 is 0 Å². The Morgan fingerprint density at radius 2 is 1.85 bits per heavy atom. The van der Waals surface area contributed by atoms with Gasteiger partial charge in [0.15, 0.2) is 0 Å². The molecule has 0 radical (unpaired) electrons. The Morgan fingerprint density at radius 3 is 2.70 bits per heavy atom. The van der Waals surface area contributed by atoms with Gasteiger partial charge in [0.05, 0.1) is 6.42 Å². The zero-order valence-corrected chi connectivity index (χ0v) is 11.6. The number of hydrogen-bond acceptors (Lipinski definition) is 2. The fourth-order valence-electron chi connectivity index (χ4n) is 2.45. The molecule has 0 aromatic heterocycles. The molecule has 2 aromatic carbocycles. The first-order valence-electron chi connectivity index (χ1n) is 7.29. The predicted octanol–water partition coefficient (Wildman–Crippen LogP) is 2.25. The highest BCUT2D eigenvalue weighted by atomic mass is 16.1. The Kier molecular flexibility index (Phi) is 3.97. The largest absolute Gasteiger partial charge is 0.355 e. The average molecular weight is 268 g/mol. The molecular weight excluding hydrogens is 248 g/mol. The summed E-state index contributed by atoms with van der Waals surface area (Å²) in [6, 6.07) is 15.0. The zero-order chi connectivity index (χ0) is 13.8. The number of rotatable bonds is 6. The molecule has 0 spiro atoms. The van der Waals surface area contributed by atoms with E-state index < -0.39 is 0 Å². The summed E-state index contributed by atoms with van der Waals surface area (Å²) in [4.78, 5) is 12.0. The molecule has 0 heterocycles. The predicted molar refractivity (Wildman–Crippen MR) is 81.7 cm³/mol. The van der Waals surface area contributed by atoms with E-state index in [1.165, 1.54) is 23.6 Å². The fourth-order valence-corrected chi connectivity index (χ4v) is 2.45. The summed E-state index contributed by atoms with van der Waals surface area (Å²) < 4.78 is 0. The maximum absolute atomic E-state index is 12.0. The van der Waals surface area contributed by atoms with Gasteiger partial charge in [-0.3, -0.25) is 4.79 Å². The zero-order valence-electron chi connectivity index (χ0n) is 11.6. The van der Waals surface area contributed by atoms with Gasteiger partial charge < -0.3 is 10.6 Å². The van der Waals surface area contributed by atoms with Crippen molar-refractivity contribution in [1.82, 2.24) is 10.6 Å². The van der Waals surface area contributed by atoms with E-state index in [1.54, 1.807) is 0 Å². The molecular formula is C17H20N2O. The molecule has 2 aromatic rings. The molecule has 3 nitrogen and oxygen atoms in total. The van der Waals surface area contributed by atoms with Crippen molar-refractivity contribution in [1.29, 1.82) is 0 Å². The van der Waals surface area contributed by atoms with Crippen LogP contribution in [-0.4, -0.2) is 25.0 Å². The minimum atomic E-state index is 0.0962. The number of benzene rings is 2. The van der Waals surface area contributed by atoms with Crippen molar-refractivity contribution in [2.75, 3.05) is 13.1 Å². The maximum Gasteiger partial charge on any atom is 0.224 e. The molecule has 104 valence electrons. The Balaban J connectivity index is 1.56. The Hall–Kier alpha value is -1.87. The monoisotopic (exact) mass is 268 g/mol. The Labute approximate surface area is 119 Å². The van der Waals surface area contributed by atoms with Crippen molar-refractivity contribution < 1.29 is 4.79 Å². The molecule has 1 saturated carbocycles. The van der Waals surface area contributed by atoms with Crippen molar-refractivity contribution >= 4 is 16.7 Å². The molecule has 3 rings (SSSR count). The Bertz CT molecular complexity index is 599. The molecule has 0 atom stereocenters. The van der Waals surface area contributed by atoms with Crippen LogP contribution in [0, 0.1) is 0 Å². The summed E-state index contributed by atoms with van der Waals surface area (Å²) in [6.07, 6.45) is 3.01. The van der Waals surface area contributed by atoms with Crippen molar-refractivity contribution in [2.45, 2.75) is 25.3 Å². The van der Waals surface area contributed by atoms with Crippen LogP contribution < -0.4 is 10.6 Å². The van der Waals surface area contributed by atoms with Gasteiger partial charge in [-0.1, -0.05) is 42.5 Å². The topological polar surface area (TPSA) is 41.1 Å². The number of carbonyl (C=O) groups excluding carboxylic acids is 1. The van der Waals surface area contributed by atoms with Crippen LogP contribution >= 0.6 is 0 Å². The lowest BCUT2D eigenvalue weighted by Crippen LogP contribution is -2.33. The van der Waals surface area contributed by atoms with Gasteiger partial charge in [-0.25, -0.2) is 0 Å². The molecule has 0 aliphatic heterocycles. The van der Waals surface area contributed by atoms with E-state index in [1.807, 2.05) is 24.3 Å². The van der Waals surface area contributed by atoms with Gasteiger partial charge in [0.1, 0.15) is 0 Å². The lowest BCUT2D eigenvalue weighted by molar-refractivity contribution is -0.120. The van der Waals surface area contributed by atoms with Crippen LogP contribution in [0.4, 0.5) is 0 Å². The van der Waals surface area contributed by atoms with E-state index in [-0.39, 0.29) is 5.91 Å². The minimum absolute atomic E-state index is 0.0962. The standard InChI is InChI=1S/C17H20N2O/c20-17(19-11-10-18-15-8-9-15)12-14-6-3-5-13-4-1-2-7-16(13)14/h1-7,15,18H,8-12H2,(H,19,20). The van der Waals surface area contributed by atoms with E-state index in [2.05, 4.69) is 28.8 Å². The van der Waals surface area contributed by atoms with Gasteiger partial charge in [-0.2, -0.15) is 0 Å². The highest BCUT2D eigenvalue weighted by molar-refractivity contribution is 5.90. The van der Waals surface area contributed by atoms with Crippen LogP contribution in [0.2, 0.25) is 0 Å². The molecule has 20 heavy (non-hydrogen) atoms. The van der Waals surface area contributed by atoms with Crippen molar-refractivity contribution in [3.8, 4) is 0 Å². The van der Waals surface area contributed by atoms with Gasteiger partial charge in [0.25, 0.3) is 0 Å². The first kappa shape index (κ1) is 13.1. The summed E-state index contributed by atoms with van der Waals surface area (Å²) >= 11 is 0. The molecule has 2 N–H and O–H groups in total. The number of nitrogens with one attached hydrogen (secondary N) is 2. The second-order valence-electron chi connectivity index (χ2n) is 5.39. The highest BCUT2D eigenvalue weighted by Crippen LogP contribution is 2.19. The number of hydrogen-bond donors (Lipinski definition) is 2. The molecule has 0 bridgehead atoms. The van der Waals surface area contributed by atoms with E-state index in [0.717, 1.165) is 12.1 Å². The number of fused-ring (bicyclic) bond motifs is 1. The van der Waals surface area contributed by atoms with Gasteiger partial charge in [0.2, 0.25) is 5.91 Å². The molecule has 1 fully saturated rings. The van der Waals surface area contributed by atoms with Crippen LogP contribution in [-0.2, 0) is 11.2 Å². The Morgan fingerprint density at radius 1 is 1.05 bits per heavy atom. The molecule has 1 aliphatic rings. The molecule has 0 unspecified atom stereocenters. The first-order chi connectivity index (χ1) is 9.83. The van der Waals surface area contributed by atoms with Crippen LogP contribution in [0.25, 0.3) is 10.8 Å². The summed E-state index contributed by atoms with van der Waals surface area (Å²) in [5.41, 5.74) is 1.09. The second kappa shape index (κ2) is 6.06. The van der Waals surface area contributed by atoms with Gasteiger partial charge >= 0.3 is 0 Å². The third-order valence-electron chi connectivity index (χ3n) is 3.69.